The van der Waals surface area contributed by atoms with E-state index in [-0.39, 0.29) is 42.7 Å². The summed E-state index contributed by atoms with van der Waals surface area (Å²) in [5.41, 5.74) is 1.25. The summed E-state index contributed by atoms with van der Waals surface area (Å²) in [6, 6.07) is 8.49. The van der Waals surface area contributed by atoms with Gasteiger partial charge in [0.2, 0.25) is 5.91 Å². The molecule has 0 spiro atoms. The van der Waals surface area contributed by atoms with Crippen molar-refractivity contribution in [2.24, 2.45) is 5.92 Å². The third-order valence-corrected chi connectivity index (χ3v) is 4.98. The molecule has 7 heteroatoms. The van der Waals surface area contributed by atoms with Gasteiger partial charge in [-0.25, -0.2) is 0 Å². The van der Waals surface area contributed by atoms with Gasteiger partial charge in [0.1, 0.15) is 5.75 Å². The van der Waals surface area contributed by atoms with Crippen LogP contribution in [0.5, 0.6) is 5.75 Å². The Morgan fingerprint density at radius 1 is 1.28 bits per heavy atom. The van der Waals surface area contributed by atoms with E-state index in [1.165, 1.54) is 18.4 Å². The molecule has 25 heavy (non-hydrogen) atoms. The highest BCUT2D eigenvalue weighted by Crippen LogP contribution is 2.26. The van der Waals surface area contributed by atoms with Gasteiger partial charge in [-0.1, -0.05) is 12.1 Å². The maximum atomic E-state index is 12.3. The normalized spacial score (nSPS) is 21.1. The topological polar surface area (TPSA) is 53.6 Å². The van der Waals surface area contributed by atoms with Crippen molar-refractivity contribution < 1.29 is 9.53 Å². The van der Waals surface area contributed by atoms with Gasteiger partial charge in [-0.2, -0.15) is 0 Å². The van der Waals surface area contributed by atoms with Crippen molar-refractivity contribution in [3.63, 3.8) is 0 Å². The molecule has 0 aromatic heterocycles. The molecule has 2 saturated heterocycles. The second-order valence-corrected chi connectivity index (χ2v) is 6.47. The summed E-state index contributed by atoms with van der Waals surface area (Å²) in [5, 5.41) is 6.43. The number of hydrogen-bond donors (Lipinski definition) is 2. The second-order valence-electron chi connectivity index (χ2n) is 6.47. The van der Waals surface area contributed by atoms with Crippen LogP contribution in [0, 0.1) is 5.92 Å². The SMILES string of the molecule is COc1ccc(C(CNC(=O)C2CCNC2)N2CCCC2)cc1.Cl.Cl. The Hall–Kier alpha value is -1.01. The number of ether oxygens (including phenoxy) is 1. The molecule has 2 heterocycles. The quantitative estimate of drug-likeness (QED) is 0.784. The molecule has 0 saturated carbocycles. The molecule has 2 aliphatic rings. The number of carbonyl (C=O) groups is 1. The van der Waals surface area contributed by atoms with Gasteiger partial charge in [0.25, 0.3) is 0 Å². The molecular formula is C18H29Cl2N3O2. The number of nitrogens with zero attached hydrogens (tertiary/aromatic N) is 1. The Balaban J connectivity index is 0.00000156. The van der Waals surface area contributed by atoms with Crippen LogP contribution in [0.3, 0.4) is 0 Å². The molecule has 1 aromatic carbocycles. The molecule has 3 rings (SSSR count). The summed E-state index contributed by atoms with van der Waals surface area (Å²) in [5.74, 6) is 1.19. The Morgan fingerprint density at radius 3 is 2.52 bits per heavy atom. The van der Waals surface area contributed by atoms with E-state index < -0.39 is 0 Å². The standard InChI is InChI=1S/C18H27N3O2.2ClH/c1-23-16-6-4-14(5-7-16)17(21-10-2-3-11-21)13-20-18(22)15-8-9-19-12-15;;/h4-7,15,17,19H,2-3,8-13H2,1H3,(H,20,22);2*1H. The minimum Gasteiger partial charge on any atom is -0.497 e. The van der Waals surface area contributed by atoms with Crippen molar-refractivity contribution in [1.82, 2.24) is 15.5 Å². The molecule has 2 unspecified atom stereocenters. The molecule has 2 fully saturated rings. The molecule has 2 N–H and O–H groups in total. The van der Waals surface area contributed by atoms with Crippen LogP contribution in [0.25, 0.3) is 0 Å². The van der Waals surface area contributed by atoms with E-state index in [4.69, 9.17) is 4.74 Å². The van der Waals surface area contributed by atoms with Crippen molar-refractivity contribution >= 4 is 30.7 Å². The molecular weight excluding hydrogens is 361 g/mol. The highest BCUT2D eigenvalue weighted by Gasteiger charge is 2.26. The first-order valence-corrected chi connectivity index (χ1v) is 8.64. The van der Waals surface area contributed by atoms with Gasteiger partial charge in [-0.3, -0.25) is 9.69 Å². The molecule has 2 atom stereocenters. The minimum absolute atomic E-state index is 0. The molecule has 0 radical (unpaired) electrons. The maximum absolute atomic E-state index is 12.3. The van der Waals surface area contributed by atoms with Crippen LogP contribution in [0.4, 0.5) is 0 Å². The average molecular weight is 390 g/mol. The predicted molar refractivity (Wildman–Crippen MR) is 105 cm³/mol. The third kappa shape index (κ3) is 5.74. The predicted octanol–water partition coefficient (Wildman–Crippen LogP) is 2.40. The van der Waals surface area contributed by atoms with E-state index in [1.54, 1.807) is 7.11 Å². The summed E-state index contributed by atoms with van der Waals surface area (Å²) < 4.78 is 5.25. The number of amides is 1. The van der Waals surface area contributed by atoms with Crippen LogP contribution in [-0.4, -0.2) is 50.6 Å². The highest BCUT2D eigenvalue weighted by atomic mass is 35.5. The van der Waals surface area contributed by atoms with E-state index in [9.17, 15) is 4.79 Å². The zero-order valence-electron chi connectivity index (χ0n) is 14.7. The lowest BCUT2D eigenvalue weighted by molar-refractivity contribution is -0.124. The summed E-state index contributed by atoms with van der Waals surface area (Å²) >= 11 is 0. The number of benzene rings is 1. The molecule has 0 aliphatic carbocycles. The number of nitrogens with one attached hydrogen (secondary N) is 2. The first-order chi connectivity index (χ1) is 11.3. The number of carbonyl (C=O) groups excluding carboxylic acids is 1. The summed E-state index contributed by atoms with van der Waals surface area (Å²) in [7, 11) is 1.68. The lowest BCUT2D eigenvalue weighted by atomic mass is 10.0. The van der Waals surface area contributed by atoms with Crippen molar-refractivity contribution in [2.75, 3.05) is 39.8 Å². The molecule has 142 valence electrons. The first kappa shape index (κ1) is 22.0. The van der Waals surface area contributed by atoms with E-state index in [0.717, 1.165) is 38.3 Å². The van der Waals surface area contributed by atoms with Crippen LogP contribution < -0.4 is 15.4 Å². The molecule has 0 bridgehead atoms. The highest BCUT2D eigenvalue weighted by molar-refractivity contribution is 5.85. The van der Waals surface area contributed by atoms with Crippen LogP contribution in [0.1, 0.15) is 30.9 Å². The lowest BCUT2D eigenvalue weighted by Crippen LogP contribution is -2.39. The van der Waals surface area contributed by atoms with E-state index in [1.807, 2.05) is 12.1 Å². The fourth-order valence-electron chi connectivity index (χ4n) is 3.56. The Labute approximate surface area is 162 Å². The van der Waals surface area contributed by atoms with E-state index in [0.29, 0.717) is 6.54 Å². The largest absolute Gasteiger partial charge is 0.497 e. The van der Waals surface area contributed by atoms with E-state index in [2.05, 4.69) is 27.7 Å². The van der Waals surface area contributed by atoms with Crippen LogP contribution in [-0.2, 0) is 4.79 Å². The smallest absolute Gasteiger partial charge is 0.224 e. The molecule has 1 amide bonds. The van der Waals surface area contributed by atoms with E-state index >= 15 is 0 Å². The number of methoxy groups -OCH3 is 1. The molecule has 2 aliphatic heterocycles. The van der Waals surface area contributed by atoms with Gasteiger partial charge in [-0.15, -0.1) is 24.8 Å². The number of likely N-dealkylation sites (tertiary alicyclic amines) is 1. The number of rotatable bonds is 6. The van der Waals surface area contributed by atoms with Crippen molar-refractivity contribution in [2.45, 2.75) is 25.3 Å². The zero-order chi connectivity index (χ0) is 16.1. The van der Waals surface area contributed by atoms with Crippen molar-refractivity contribution in [1.29, 1.82) is 0 Å². The van der Waals surface area contributed by atoms with Gasteiger partial charge < -0.3 is 15.4 Å². The summed E-state index contributed by atoms with van der Waals surface area (Å²) in [6.45, 7) is 4.66. The summed E-state index contributed by atoms with van der Waals surface area (Å²) in [6.07, 6.45) is 3.43. The average Bonchev–Trinajstić information content (AvgIpc) is 3.29. The third-order valence-electron chi connectivity index (χ3n) is 4.98. The van der Waals surface area contributed by atoms with Gasteiger partial charge >= 0.3 is 0 Å². The summed E-state index contributed by atoms with van der Waals surface area (Å²) in [4.78, 5) is 14.8. The molecule has 5 nitrogen and oxygen atoms in total. The Morgan fingerprint density at radius 2 is 1.96 bits per heavy atom. The van der Waals surface area contributed by atoms with Gasteiger partial charge in [-0.05, 0) is 56.6 Å². The zero-order valence-corrected chi connectivity index (χ0v) is 16.3. The number of hydrogen-bond acceptors (Lipinski definition) is 4. The molecule has 1 aromatic rings. The fraction of sp³-hybridized carbons (Fsp3) is 0.611. The van der Waals surface area contributed by atoms with Crippen molar-refractivity contribution in [3.05, 3.63) is 29.8 Å². The monoisotopic (exact) mass is 389 g/mol. The van der Waals surface area contributed by atoms with Gasteiger partial charge in [0, 0.05) is 13.1 Å². The second kappa shape index (κ2) is 10.9. The number of halogens is 2. The van der Waals surface area contributed by atoms with Crippen LogP contribution >= 0.6 is 24.8 Å². The minimum atomic E-state index is 0. The maximum Gasteiger partial charge on any atom is 0.224 e. The van der Waals surface area contributed by atoms with Crippen molar-refractivity contribution in [3.8, 4) is 5.75 Å². The fourth-order valence-corrected chi connectivity index (χ4v) is 3.56. The lowest BCUT2D eigenvalue weighted by Gasteiger charge is -2.28. The van der Waals surface area contributed by atoms with Gasteiger partial charge in [0.15, 0.2) is 0 Å². The van der Waals surface area contributed by atoms with Crippen LogP contribution in [0.2, 0.25) is 0 Å². The van der Waals surface area contributed by atoms with Crippen LogP contribution in [0.15, 0.2) is 24.3 Å². The first-order valence-electron chi connectivity index (χ1n) is 8.64. The van der Waals surface area contributed by atoms with Gasteiger partial charge in [0.05, 0.1) is 19.1 Å². The Bertz CT molecular complexity index is 516. The Kier molecular flexibility index (Phi) is 9.57.